The van der Waals surface area contributed by atoms with E-state index >= 15 is 0 Å². The van der Waals surface area contributed by atoms with Crippen molar-refractivity contribution in [3.05, 3.63) is 5.01 Å². The molecule has 2 unspecified atom stereocenters. The van der Waals surface area contributed by atoms with Crippen molar-refractivity contribution in [1.29, 1.82) is 5.26 Å². The van der Waals surface area contributed by atoms with Gasteiger partial charge in [-0.25, -0.2) is 0 Å². The number of nitrogens with two attached hydrogens (primary N) is 1. The third-order valence-corrected chi connectivity index (χ3v) is 5.28. The van der Waals surface area contributed by atoms with E-state index < -0.39 is 5.54 Å². The van der Waals surface area contributed by atoms with Crippen molar-refractivity contribution in [2.24, 2.45) is 11.7 Å². The van der Waals surface area contributed by atoms with Gasteiger partial charge in [-0.1, -0.05) is 29.5 Å². The molecular formula is C11H16N4S2. The highest BCUT2D eigenvalue weighted by atomic mass is 32.2. The van der Waals surface area contributed by atoms with Crippen LogP contribution in [0.2, 0.25) is 0 Å². The molecule has 0 radical (unpaired) electrons. The molecule has 0 spiro atoms. The second kappa shape index (κ2) is 5.34. The average molecular weight is 268 g/mol. The zero-order valence-electron chi connectivity index (χ0n) is 9.85. The predicted molar refractivity (Wildman–Crippen MR) is 69.9 cm³/mol. The quantitative estimate of drug-likeness (QED) is 0.848. The highest BCUT2D eigenvalue weighted by molar-refractivity contribution is 8.01. The lowest BCUT2D eigenvalue weighted by atomic mass is 9.88. The summed E-state index contributed by atoms with van der Waals surface area (Å²) in [4.78, 5) is 0. The first-order valence-electron chi connectivity index (χ1n) is 5.77. The van der Waals surface area contributed by atoms with Gasteiger partial charge in [0, 0.05) is 5.75 Å². The SMILES string of the molecule is Cc1nnc(SCCC2CCCC2(N)C#N)s1. The lowest BCUT2D eigenvalue weighted by molar-refractivity contribution is 0.389. The molecule has 0 saturated heterocycles. The third kappa shape index (κ3) is 2.97. The van der Waals surface area contributed by atoms with Crippen molar-refractivity contribution in [2.45, 2.75) is 42.5 Å². The first-order valence-corrected chi connectivity index (χ1v) is 7.57. The number of thioether (sulfide) groups is 1. The van der Waals surface area contributed by atoms with Gasteiger partial charge in [-0.3, -0.25) is 0 Å². The van der Waals surface area contributed by atoms with E-state index in [1.54, 1.807) is 23.1 Å². The lowest BCUT2D eigenvalue weighted by Gasteiger charge is -2.23. The summed E-state index contributed by atoms with van der Waals surface area (Å²) in [6, 6.07) is 2.29. The maximum atomic E-state index is 9.11. The van der Waals surface area contributed by atoms with E-state index in [1.807, 2.05) is 6.92 Å². The Hall–Kier alpha value is -0.640. The monoisotopic (exact) mass is 268 g/mol. The maximum Gasteiger partial charge on any atom is 0.174 e. The minimum atomic E-state index is -0.586. The second-order valence-corrected chi connectivity index (χ2v) is 6.99. The van der Waals surface area contributed by atoms with Gasteiger partial charge in [0.2, 0.25) is 0 Å². The second-order valence-electron chi connectivity index (χ2n) is 4.47. The largest absolute Gasteiger partial charge is 0.313 e. The molecule has 1 heterocycles. The molecule has 92 valence electrons. The summed E-state index contributed by atoms with van der Waals surface area (Å²) < 4.78 is 1.01. The van der Waals surface area contributed by atoms with Gasteiger partial charge in [-0.05, 0) is 32.1 Å². The van der Waals surface area contributed by atoms with E-state index in [1.165, 1.54) is 0 Å². The Morgan fingerprint density at radius 3 is 3.12 bits per heavy atom. The number of aryl methyl sites for hydroxylation is 1. The molecule has 4 nitrogen and oxygen atoms in total. The van der Waals surface area contributed by atoms with Gasteiger partial charge < -0.3 is 5.73 Å². The van der Waals surface area contributed by atoms with Crippen molar-refractivity contribution in [3.63, 3.8) is 0 Å². The van der Waals surface area contributed by atoms with Crippen LogP contribution < -0.4 is 5.73 Å². The summed E-state index contributed by atoms with van der Waals surface area (Å²) in [5.41, 5.74) is 5.50. The fourth-order valence-corrected chi connectivity index (χ4v) is 4.22. The van der Waals surface area contributed by atoms with E-state index in [0.717, 1.165) is 40.8 Å². The molecule has 1 aliphatic carbocycles. The van der Waals surface area contributed by atoms with Crippen LogP contribution in [-0.2, 0) is 0 Å². The number of nitrogens with zero attached hydrogens (tertiary/aromatic N) is 3. The average Bonchev–Trinajstić information content (AvgIpc) is 2.87. The van der Waals surface area contributed by atoms with Gasteiger partial charge in [-0.15, -0.1) is 10.2 Å². The number of hydrogen-bond acceptors (Lipinski definition) is 6. The zero-order valence-corrected chi connectivity index (χ0v) is 11.5. The molecule has 0 aliphatic heterocycles. The lowest BCUT2D eigenvalue weighted by Crippen LogP contribution is -2.41. The Balaban J connectivity index is 1.81. The van der Waals surface area contributed by atoms with E-state index in [-0.39, 0.29) is 0 Å². The molecule has 2 rings (SSSR count). The molecule has 1 fully saturated rings. The smallest absolute Gasteiger partial charge is 0.174 e. The first-order chi connectivity index (χ1) is 8.14. The van der Waals surface area contributed by atoms with Gasteiger partial charge in [0.25, 0.3) is 0 Å². The standard InChI is InChI=1S/C11H16N4S2/c1-8-14-15-10(17-8)16-6-4-9-3-2-5-11(9,13)7-12/h9H,2-6,13H2,1H3. The summed E-state index contributed by atoms with van der Waals surface area (Å²) >= 11 is 3.34. The fourth-order valence-electron chi connectivity index (χ4n) is 2.28. The predicted octanol–water partition coefficient (Wildman–Crippen LogP) is 2.35. The highest BCUT2D eigenvalue weighted by Crippen LogP contribution is 2.37. The van der Waals surface area contributed by atoms with Crippen LogP contribution in [0.4, 0.5) is 0 Å². The minimum absolute atomic E-state index is 0.342. The van der Waals surface area contributed by atoms with E-state index in [9.17, 15) is 0 Å². The Kier molecular flexibility index (Phi) is 4.02. The van der Waals surface area contributed by atoms with Crippen molar-refractivity contribution >= 4 is 23.1 Å². The molecule has 1 aromatic rings. The topological polar surface area (TPSA) is 75.6 Å². The van der Waals surface area contributed by atoms with Gasteiger partial charge in [0.15, 0.2) is 4.34 Å². The molecule has 17 heavy (non-hydrogen) atoms. The van der Waals surface area contributed by atoms with Crippen LogP contribution in [0.15, 0.2) is 4.34 Å². The van der Waals surface area contributed by atoms with Gasteiger partial charge >= 0.3 is 0 Å². The Morgan fingerprint density at radius 2 is 2.47 bits per heavy atom. The Labute approximate surface area is 110 Å². The molecular weight excluding hydrogens is 252 g/mol. The molecule has 1 aliphatic rings. The molecule has 0 bridgehead atoms. The molecule has 1 aromatic heterocycles. The normalized spacial score (nSPS) is 28.2. The number of hydrogen-bond donors (Lipinski definition) is 1. The molecule has 2 N–H and O–H groups in total. The van der Waals surface area contributed by atoms with Crippen LogP contribution in [0.3, 0.4) is 0 Å². The summed E-state index contributed by atoms with van der Waals surface area (Å²) in [5.74, 6) is 1.31. The molecule has 6 heteroatoms. The minimum Gasteiger partial charge on any atom is -0.313 e. The molecule has 1 saturated carbocycles. The Bertz CT molecular complexity index is 425. The van der Waals surface area contributed by atoms with Crippen LogP contribution >= 0.6 is 23.1 Å². The van der Waals surface area contributed by atoms with Crippen LogP contribution in [0.1, 0.15) is 30.7 Å². The Morgan fingerprint density at radius 1 is 1.65 bits per heavy atom. The van der Waals surface area contributed by atoms with Crippen LogP contribution in [-0.4, -0.2) is 21.5 Å². The molecule has 2 atom stereocenters. The summed E-state index contributed by atoms with van der Waals surface area (Å²) in [6.45, 7) is 1.96. The number of nitriles is 1. The van der Waals surface area contributed by atoms with Gasteiger partial charge in [-0.2, -0.15) is 5.26 Å². The van der Waals surface area contributed by atoms with Gasteiger partial charge in [0.1, 0.15) is 10.5 Å². The number of rotatable bonds is 4. The molecule has 0 aromatic carbocycles. The summed E-state index contributed by atoms with van der Waals surface area (Å²) in [6.07, 6.45) is 4.00. The maximum absolute atomic E-state index is 9.11. The van der Waals surface area contributed by atoms with Crippen LogP contribution in [0, 0.1) is 24.2 Å². The first kappa shape index (κ1) is 12.8. The summed E-state index contributed by atoms with van der Waals surface area (Å²) in [5, 5.41) is 18.2. The van der Waals surface area contributed by atoms with E-state index in [2.05, 4.69) is 16.3 Å². The van der Waals surface area contributed by atoms with Crippen molar-refractivity contribution < 1.29 is 0 Å². The summed E-state index contributed by atoms with van der Waals surface area (Å²) in [7, 11) is 0. The molecule has 0 amide bonds. The van der Waals surface area contributed by atoms with Crippen LogP contribution in [0.5, 0.6) is 0 Å². The van der Waals surface area contributed by atoms with Crippen molar-refractivity contribution in [1.82, 2.24) is 10.2 Å². The number of aromatic nitrogens is 2. The zero-order chi connectivity index (χ0) is 12.3. The van der Waals surface area contributed by atoms with Crippen molar-refractivity contribution in [2.75, 3.05) is 5.75 Å². The fraction of sp³-hybridized carbons (Fsp3) is 0.727. The van der Waals surface area contributed by atoms with Crippen molar-refractivity contribution in [3.8, 4) is 6.07 Å². The van der Waals surface area contributed by atoms with E-state index in [4.69, 9.17) is 11.0 Å². The van der Waals surface area contributed by atoms with E-state index in [0.29, 0.717) is 5.92 Å². The highest BCUT2D eigenvalue weighted by Gasteiger charge is 2.39. The third-order valence-electron chi connectivity index (χ3n) is 3.28. The van der Waals surface area contributed by atoms with Crippen LogP contribution in [0.25, 0.3) is 0 Å². The van der Waals surface area contributed by atoms with Gasteiger partial charge in [0.05, 0.1) is 6.07 Å².